The molecule has 1 fully saturated rings. The number of nitrogens with one attached hydrogen (secondary N) is 1. The van der Waals surface area contributed by atoms with Crippen molar-refractivity contribution in [2.75, 3.05) is 42.4 Å². The highest BCUT2D eigenvalue weighted by Gasteiger charge is 2.11. The van der Waals surface area contributed by atoms with Gasteiger partial charge in [-0.25, -0.2) is 0 Å². The van der Waals surface area contributed by atoms with E-state index in [4.69, 9.17) is 20.8 Å². The lowest BCUT2D eigenvalue weighted by atomic mass is 10.2. The molecule has 6 nitrogen and oxygen atoms in total. The normalized spacial score (nSPS) is 15.2. The van der Waals surface area contributed by atoms with E-state index in [1.807, 2.05) is 12.1 Å². The largest absolute Gasteiger partial charge is 0.408 e. The van der Waals surface area contributed by atoms with Gasteiger partial charge in [-0.2, -0.15) is 0 Å². The number of anilines is 3. The van der Waals surface area contributed by atoms with Crippen molar-refractivity contribution in [1.82, 2.24) is 10.2 Å². The van der Waals surface area contributed by atoms with E-state index in [0.717, 1.165) is 32.0 Å². The van der Waals surface area contributed by atoms with E-state index in [9.17, 15) is 0 Å². The standard InChI is InChI=1S/C14H17ClN4O2/c15-6-5-13-17-18-14(21-13)16-11-1-3-12(4-2-11)19-7-9-20-10-8-19/h1-4H,5-10H2,(H,16,18). The van der Waals surface area contributed by atoms with Crippen LogP contribution in [-0.2, 0) is 11.2 Å². The molecule has 2 heterocycles. The van der Waals surface area contributed by atoms with Gasteiger partial charge in [-0.05, 0) is 24.3 Å². The second kappa shape index (κ2) is 6.78. The Bertz CT molecular complexity index is 567. The first-order chi connectivity index (χ1) is 10.3. The molecule has 1 aromatic heterocycles. The van der Waals surface area contributed by atoms with Crippen LogP contribution in [0.1, 0.15) is 5.89 Å². The Morgan fingerprint density at radius 3 is 2.62 bits per heavy atom. The van der Waals surface area contributed by atoms with Gasteiger partial charge in [0.25, 0.3) is 0 Å². The molecule has 112 valence electrons. The Kier molecular flexibility index (Phi) is 4.57. The third kappa shape index (κ3) is 3.65. The van der Waals surface area contributed by atoms with Crippen LogP contribution in [0.25, 0.3) is 0 Å². The molecule has 1 aliphatic heterocycles. The summed E-state index contributed by atoms with van der Waals surface area (Å²) in [7, 11) is 0. The van der Waals surface area contributed by atoms with E-state index in [1.165, 1.54) is 5.69 Å². The number of aromatic nitrogens is 2. The Hall–Kier alpha value is -1.79. The number of hydrogen-bond acceptors (Lipinski definition) is 6. The average molecular weight is 309 g/mol. The van der Waals surface area contributed by atoms with Gasteiger partial charge in [0.15, 0.2) is 0 Å². The molecule has 0 radical (unpaired) electrons. The summed E-state index contributed by atoms with van der Waals surface area (Å²) in [4.78, 5) is 2.30. The molecule has 3 rings (SSSR count). The van der Waals surface area contributed by atoms with Crippen molar-refractivity contribution in [3.63, 3.8) is 0 Å². The van der Waals surface area contributed by atoms with Crippen molar-refractivity contribution in [1.29, 1.82) is 0 Å². The number of morpholine rings is 1. The topological polar surface area (TPSA) is 63.4 Å². The molecule has 1 saturated heterocycles. The van der Waals surface area contributed by atoms with Crippen LogP contribution in [0.2, 0.25) is 0 Å². The van der Waals surface area contributed by atoms with Crippen molar-refractivity contribution in [3.8, 4) is 0 Å². The van der Waals surface area contributed by atoms with Crippen LogP contribution in [0, 0.1) is 0 Å². The van der Waals surface area contributed by atoms with Gasteiger partial charge in [-0.3, -0.25) is 0 Å². The number of benzene rings is 1. The number of hydrogen-bond donors (Lipinski definition) is 1. The van der Waals surface area contributed by atoms with Gasteiger partial charge in [0.1, 0.15) is 0 Å². The first-order valence-corrected chi connectivity index (χ1v) is 7.47. The minimum Gasteiger partial charge on any atom is -0.408 e. The summed E-state index contributed by atoms with van der Waals surface area (Å²) in [5, 5.41) is 10.9. The average Bonchev–Trinajstić information content (AvgIpc) is 2.97. The quantitative estimate of drug-likeness (QED) is 0.856. The van der Waals surface area contributed by atoms with Crippen LogP contribution in [0.15, 0.2) is 28.7 Å². The van der Waals surface area contributed by atoms with Gasteiger partial charge in [0.2, 0.25) is 5.89 Å². The molecule has 2 aromatic rings. The second-order valence-electron chi connectivity index (χ2n) is 4.71. The molecule has 21 heavy (non-hydrogen) atoms. The second-order valence-corrected chi connectivity index (χ2v) is 5.09. The molecule has 0 amide bonds. The van der Waals surface area contributed by atoms with Crippen molar-refractivity contribution < 1.29 is 9.15 Å². The Labute approximate surface area is 128 Å². The fourth-order valence-electron chi connectivity index (χ4n) is 2.19. The maximum Gasteiger partial charge on any atom is 0.320 e. The zero-order valence-corrected chi connectivity index (χ0v) is 12.3. The van der Waals surface area contributed by atoms with Crippen molar-refractivity contribution in [2.24, 2.45) is 0 Å². The van der Waals surface area contributed by atoms with Gasteiger partial charge in [0, 0.05) is 36.8 Å². The van der Waals surface area contributed by atoms with E-state index in [1.54, 1.807) is 0 Å². The molecule has 0 spiro atoms. The van der Waals surface area contributed by atoms with Gasteiger partial charge in [-0.15, -0.1) is 16.7 Å². The molecule has 1 aromatic carbocycles. The molecule has 0 aliphatic carbocycles. The van der Waals surface area contributed by atoms with E-state index in [2.05, 4.69) is 32.5 Å². The fraction of sp³-hybridized carbons (Fsp3) is 0.429. The Balaban J connectivity index is 1.63. The number of aryl methyl sites for hydroxylation is 1. The molecular weight excluding hydrogens is 292 g/mol. The first-order valence-electron chi connectivity index (χ1n) is 6.93. The van der Waals surface area contributed by atoms with Crippen LogP contribution in [0.5, 0.6) is 0 Å². The summed E-state index contributed by atoms with van der Waals surface area (Å²) in [6.07, 6.45) is 0.576. The molecule has 0 unspecified atom stereocenters. The summed E-state index contributed by atoms with van der Waals surface area (Å²) >= 11 is 5.63. The van der Waals surface area contributed by atoms with Crippen molar-refractivity contribution in [2.45, 2.75) is 6.42 Å². The summed E-state index contributed by atoms with van der Waals surface area (Å²) in [5.74, 6) is 1.01. The summed E-state index contributed by atoms with van der Waals surface area (Å²) < 4.78 is 10.8. The lowest BCUT2D eigenvalue weighted by Crippen LogP contribution is -2.36. The molecule has 0 bridgehead atoms. The maximum absolute atomic E-state index is 5.63. The number of nitrogens with zero attached hydrogens (tertiary/aromatic N) is 3. The number of halogens is 1. The van der Waals surface area contributed by atoms with E-state index in [0.29, 0.717) is 24.2 Å². The van der Waals surface area contributed by atoms with Crippen LogP contribution >= 0.6 is 11.6 Å². The number of rotatable bonds is 5. The highest BCUT2D eigenvalue weighted by atomic mass is 35.5. The zero-order valence-electron chi connectivity index (χ0n) is 11.6. The summed E-state index contributed by atoms with van der Waals surface area (Å²) in [6, 6.07) is 8.52. The third-order valence-electron chi connectivity index (χ3n) is 3.27. The van der Waals surface area contributed by atoms with Crippen LogP contribution < -0.4 is 10.2 Å². The minimum absolute atomic E-state index is 0.384. The molecule has 0 atom stereocenters. The van der Waals surface area contributed by atoms with Gasteiger partial charge < -0.3 is 19.4 Å². The van der Waals surface area contributed by atoms with Gasteiger partial charge in [0.05, 0.1) is 13.2 Å². The molecular formula is C14H17ClN4O2. The molecule has 1 N–H and O–H groups in total. The highest BCUT2D eigenvalue weighted by molar-refractivity contribution is 6.17. The predicted molar refractivity (Wildman–Crippen MR) is 81.5 cm³/mol. The Morgan fingerprint density at radius 2 is 1.90 bits per heavy atom. The lowest BCUT2D eigenvalue weighted by molar-refractivity contribution is 0.122. The van der Waals surface area contributed by atoms with Gasteiger partial charge >= 0.3 is 6.01 Å². The zero-order chi connectivity index (χ0) is 14.5. The predicted octanol–water partition coefficient (Wildman–Crippen LogP) is 2.43. The number of alkyl halides is 1. The summed E-state index contributed by atoms with van der Waals surface area (Å²) in [5.41, 5.74) is 2.10. The molecule has 0 saturated carbocycles. The lowest BCUT2D eigenvalue weighted by Gasteiger charge is -2.28. The number of ether oxygens (including phenoxy) is 1. The fourth-order valence-corrected chi connectivity index (χ4v) is 2.35. The van der Waals surface area contributed by atoms with Crippen LogP contribution in [-0.4, -0.2) is 42.4 Å². The highest BCUT2D eigenvalue weighted by Crippen LogP contribution is 2.21. The Morgan fingerprint density at radius 1 is 1.14 bits per heavy atom. The van der Waals surface area contributed by atoms with Gasteiger partial charge in [-0.1, -0.05) is 5.10 Å². The molecule has 7 heteroatoms. The van der Waals surface area contributed by atoms with E-state index >= 15 is 0 Å². The monoisotopic (exact) mass is 308 g/mol. The maximum atomic E-state index is 5.63. The van der Waals surface area contributed by atoms with E-state index in [-0.39, 0.29) is 0 Å². The van der Waals surface area contributed by atoms with Crippen molar-refractivity contribution >= 4 is 29.0 Å². The van der Waals surface area contributed by atoms with Crippen LogP contribution in [0.4, 0.5) is 17.4 Å². The SMILES string of the molecule is ClCCc1nnc(Nc2ccc(N3CCOCC3)cc2)o1. The smallest absolute Gasteiger partial charge is 0.320 e. The third-order valence-corrected chi connectivity index (χ3v) is 3.46. The first kappa shape index (κ1) is 14.2. The van der Waals surface area contributed by atoms with Crippen molar-refractivity contribution in [3.05, 3.63) is 30.2 Å². The summed E-state index contributed by atoms with van der Waals surface area (Å²) in [6.45, 7) is 3.42. The molecule has 1 aliphatic rings. The van der Waals surface area contributed by atoms with E-state index < -0.39 is 0 Å². The minimum atomic E-state index is 0.384. The van der Waals surface area contributed by atoms with Crippen LogP contribution in [0.3, 0.4) is 0 Å².